The molecule has 1 aliphatic rings. The van der Waals surface area contributed by atoms with Gasteiger partial charge in [-0.1, -0.05) is 177 Å². The highest BCUT2D eigenvalue weighted by Gasteiger charge is 2.44. The van der Waals surface area contributed by atoms with Gasteiger partial charge < -0.3 is 39.4 Å². The molecule has 6 unspecified atom stereocenters. The monoisotopic (exact) mass is 875 g/mol. The lowest BCUT2D eigenvalue weighted by Gasteiger charge is -2.39. The third kappa shape index (κ3) is 34.3. The number of carbonyl (C=O) groups excluding carboxylic acids is 1. The van der Waals surface area contributed by atoms with Gasteiger partial charge in [0.2, 0.25) is 0 Å². The second-order valence-electron chi connectivity index (χ2n) is 17.3. The van der Waals surface area contributed by atoms with E-state index < -0.39 is 43.4 Å². The second kappa shape index (κ2) is 44.1. The molecule has 1 rings (SSSR count). The first kappa shape index (κ1) is 57.9. The normalized spacial score (nSPS) is 20.3. The Kier molecular flexibility index (Phi) is 41.2. The average Bonchev–Trinajstić information content (AvgIpc) is 3.27. The third-order valence-electron chi connectivity index (χ3n) is 11.4. The smallest absolute Gasteiger partial charge is 0.306 e. The van der Waals surface area contributed by atoms with Gasteiger partial charge in [0.05, 0.1) is 19.8 Å². The summed E-state index contributed by atoms with van der Waals surface area (Å²) in [5.41, 5.74) is 0. The summed E-state index contributed by atoms with van der Waals surface area (Å²) in [5.74, 6) is -0.330. The van der Waals surface area contributed by atoms with Gasteiger partial charge in [-0.25, -0.2) is 0 Å². The van der Waals surface area contributed by atoms with Gasteiger partial charge in [0.25, 0.3) is 0 Å². The second-order valence-corrected chi connectivity index (χ2v) is 17.3. The molecule has 1 heterocycles. The number of carbonyl (C=O) groups is 1. The summed E-state index contributed by atoms with van der Waals surface area (Å²) in [7, 11) is 0. The molecule has 4 N–H and O–H groups in total. The van der Waals surface area contributed by atoms with Gasteiger partial charge in [-0.3, -0.25) is 4.79 Å². The van der Waals surface area contributed by atoms with Crippen molar-refractivity contribution in [2.75, 3.05) is 26.4 Å². The van der Waals surface area contributed by atoms with Crippen LogP contribution in [-0.4, -0.2) is 89.6 Å². The number of rotatable bonds is 43. The average molecular weight is 875 g/mol. The predicted octanol–water partition coefficient (Wildman–Crippen LogP) is 12.3. The minimum absolute atomic E-state index is 0.123. The zero-order valence-corrected chi connectivity index (χ0v) is 39.6. The van der Waals surface area contributed by atoms with Crippen LogP contribution in [-0.2, 0) is 23.7 Å². The molecule has 360 valence electrons. The maximum Gasteiger partial charge on any atom is 0.306 e. The van der Waals surface area contributed by atoms with Gasteiger partial charge in [0, 0.05) is 13.0 Å². The van der Waals surface area contributed by atoms with E-state index in [0.29, 0.717) is 13.0 Å². The molecular formula is C53H94O9. The SMILES string of the molecule is CCCCC/C=C\C/C=C\CCCCCCCC(=O)OC(COCCCCCCCCCCC/C=C\C/C=C\C/C=C\CCCCCCC)COC1OC(CO)C(O)C(O)C1O. The molecular weight excluding hydrogens is 781 g/mol. The van der Waals surface area contributed by atoms with Crippen molar-refractivity contribution in [3.63, 3.8) is 0 Å². The number of ether oxygens (including phenoxy) is 4. The van der Waals surface area contributed by atoms with Gasteiger partial charge in [0.1, 0.15) is 30.5 Å². The van der Waals surface area contributed by atoms with E-state index in [0.717, 1.165) is 70.6 Å². The number of hydrogen-bond acceptors (Lipinski definition) is 9. The van der Waals surface area contributed by atoms with E-state index in [-0.39, 0.29) is 19.2 Å². The van der Waals surface area contributed by atoms with Crippen molar-refractivity contribution in [1.82, 2.24) is 0 Å². The molecule has 0 radical (unpaired) electrons. The topological polar surface area (TPSA) is 135 Å². The summed E-state index contributed by atoms with van der Waals surface area (Å²) >= 11 is 0. The highest BCUT2D eigenvalue weighted by atomic mass is 16.7. The fraction of sp³-hybridized carbons (Fsp3) is 0.792. The van der Waals surface area contributed by atoms with Crippen LogP contribution in [0.1, 0.15) is 206 Å². The van der Waals surface area contributed by atoms with Crippen LogP contribution in [0.3, 0.4) is 0 Å². The first-order valence-electron chi connectivity index (χ1n) is 25.4. The molecule has 9 nitrogen and oxygen atoms in total. The number of allylic oxidation sites excluding steroid dienone is 10. The molecule has 0 aliphatic carbocycles. The number of esters is 1. The van der Waals surface area contributed by atoms with E-state index in [4.69, 9.17) is 18.9 Å². The fourth-order valence-electron chi connectivity index (χ4n) is 7.41. The van der Waals surface area contributed by atoms with E-state index in [9.17, 15) is 25.2 Å². The molecule has 1 aliphatic heterocycles. The lowest BCUT2D eigenvalue weighted by Crippen LogP contribution is -2.59. The number of hydrogen-bond donors (Lipinski definition) is 4. The van der Waals surface area contributed by atoms with Crippen LogP contribution in [0.2, 0.25) is 0 Å². The highest BCUT2D eigenvalue weighted by Crippen LogP contribution is 2.22. The van der Waals surface area contributed by atoms with Crippen molar-refractivity contribution in [1.29, 1.82) is 0 Å². The van der Waals surface area contributed by atoms with E-state index in [1.165, 1.54) is 116 Å². The van der Waals surface area contributed by atoms with Crippen LogP contribution in [0.4, 0.5) is 0 Å². The Bertz CT molecular complexity index is 1130. The summed E-state index contributed by atoms with van der Waals surface area (Å²) in [6.45, 7) is 4.49. The Morgan fingerprint density at radius 1 is 0.516 bits per heavy atom. The van der Waals surface area contributed by atoms with Crippen LogP contribution in [0.15, 0.2) is 60.8 Å². The van der Waals surface area contributed by atoms with Crippen LogP contribution in [0.25, 0.3) is 0 Å². The molecule has 0 saturated carbocycles. The molecule has 1 saturated heterocycles. The zero-order valence-electron chi connectivity index (χ0n) is 39.6. The first-order valence-corrected chi connectivity index (χ1v) is 25.4. The van der Waals surface area contributed by atoms with Crippen molar-refractivity contribution in [3.8, 4) is 0 Å². The van der Waals surface area contributed by atoms with Gasteiger partial charge in [0.15, 0.2) is 6.29 Å². The molecule has 0 spiro atoms. The lowest BCUT2D eigenvalue weighted by molar-refractivity contribution is -0.305. The summed E-state index contributed by atoms with van der Waals surface area (Å²) < 4.78 is 22.9. The Morgan fingerprint density at radius 3 is 1.44 bits per heavy atom. The summed E-state index contributed by atoms with van der Waals surface area (Å²) in [5, 5.41) is 40.2. The molecule has 9 heteroatoms. The molecule has 1 fully saturated rings. The third-order valence-corrected chi connectivity index (χ3v) is 11.4. The van der Waals surface area contributed by atoms with E-state index in [2.05, 4.69) is 74.6 Å². The maximum absolute atomic E-state index is 12.8. The number of aliphatic hydroxyl groups excluding tert-OH is 4. The van der Waals surface area contributed by atoms with Gasteiger partial charge in [-0.2, -0.15) is 0 Å². The van der Waals surface area contributed by atoms with Crippen molar-refractivity contribution >= 4 is 5.97 Å². The number of aliphatic hydroxyl groups is 4. The van der Waals surface area contributed by atoms with Crippen LogP contribution in [0, 0.1) is 0 Å². The van der Waals surface area contributed by atoms with Gasteiger partial charge in [-0.05, 0) is 83.5 Å². The Hall–Kier alpha value is -2.11. The molecule has 62 heavy (non-hydrogen) atoms. The zero-order chi connectivity index (χ0) is 45.0. The van der Waals surface area contributed by atoms with Gasteiger partial charge >= 0.3 is 5.97 Å². The lowest BCUT2D eigenvalue weighted by atomic mass is 9.99. The fourth-order valence-corrected chi connectivity index (χ4v) is 7.41. The minimum atomic E-state index is -1.54. The molecule has 6 atom stereocenters. The van der Waals surface area contributed by atoms with Crippen LogP contribution in [0.5, 0.6) is 0 Å². The van der Waals surface area contributed by atoms with Crippen LogP contribution >= 0.6 is 0 Å². The summed E-state index contributed by atoms with van der Waals surface area (Å²) in [4.78, 5) is 12.8. The minimum Gasteiger partial charge on any atom is -0.457 e. The van der Waals surface area contributed by atoms with Crippen molar-refractivity contribution < 1.29 is 44.2 Å². The van der Waals surface area contributed by atoms with Crippen molar-refractivity contribution in [3.05, 3.63) is 60.8 Å². The van der Waals surface area contributed by atoms with Crippen molar-refractivity contribution in [2.24, 2.45) is 0 Å². The summed E-state index contributed by atoms with van der Waals surface area (Å²) in [6, 6.07) is 0. The van der Waals surface area contributed by atoms with Gasteiger partial charge in [-0.15, -0.1) is 0 Å². The number of unbranched alkanes of at least 4 members (excludes halogenated alkanes) is 22. The molecule has 0 aromatic heterocycles. The highest BCUT2D eigenvalue weighted by molar-refractivity contribution is 5.69. The van der Waals surface area contributed by atoms with Crippen molar-refractivity contribution in [2.45, 2.75) is 243 Å². The Morgan fingerprint density at radius 2 is 0.935 bits per heavy atom. The molecule has 0 amide bonds. The predicted molar refractivity (Wildman–Crippen MR) is 256 cm³/mol. The molecule has 0 aromatic carbocycles. The van der Waals surface area contributed by atoms with E-state index in [1.54, 1.807) is 0 Å². The quantitative estimate of drug-likeness (QED) is 0.0268. The van der Waals surface area contributed by atoms with E-state index in [1.807, 2.05) is 0 Å². The van der Waals surface area contributed by atoms with Crippen LogP contribution < -0.4 is 0 Å². The standard InChI is InChI=1S/C53H94O9/c1-3-5-7-9-11-13-15-17-19-20-21-22-23-24-25-26-27-29-31-33-35-37-39-41-43-59-45-47(46-60-53-52(58)51(57)50(56)48(44-54)62-53)61-49(55)42-40-38-36-34-32-30-28-18-16-14-12-10-8-6-4-2/h12,14-15,17-18,20-21,23-24,28,47-48,50-54,56-58H,3-11,13,16,19,22,25-27,29-46H2,1-2H3/b14-12-,17-15-,21-20-,24-23-,28-18-. The maximum atomic E-state index is 12.8. The Balaban J connectivity index is 2.21. The molecule has 0 bridgehead atoms. The largest absolute Gasteiger partial charge is 0.457 e. The summed E-state index contributed by atoms with van der Waals surface area (Å²) in [6.07, 6.45) is 49.6. The van der Waals surface area contributed by atoms with E-state index >= 15 is 0 Å². The first-order chi connectivity index (χ1) is 30.4. The Labute approximate surface area is 379 Å². The molecule has 0 aromatic rings.